The molecule has 3 aromatic carbocycles. The summed E-state index contributed by atoms with van der Waals surface area (Å²) in [6.45, 7) is 0.643. The molecule has 0 fully saturated rings. The van der Waals surface area contributed by atoms with Gasteiger partial charge < -0.3 is 15.2 Å². The van der Waals surface area contributed by atoms with Gasteiger partial charge in [-0.25, -0.2) is 9.18 Å². The number of anilines is 2. The number of fused-ring (bicyclic) bond motifs is 1. The maximum absolute atomic E-state index is 13.8. The van der Waals surface area contributed by atoms with Crippen LogP contribution in [0.5, 0.6) is 11.5 Å². The van der Waals surface area contributed by atoms with Crippen molar-refractivity contribution in [1.82, 2.24) is 0 Å². The van der Waals surface area contributed by atoms with Crippen molar-refractivity contribution < 1.29 is 18.7 Å². The molecule has 1 aliphatic heterocycles. The molecule has 0 saturated heterocycles. The van der Waals surface area contributed by atoms with Crippen molar-refractivity contribution >= 4 is 23.1 Å². The molecule has 1 aliphatic rings. The number of amides is 2. The molecule has 7 heteroatoms. The number of benzene rings is 3. The van der Waals surface area contributed by atoms with Crippen molar-refractivity contribution in [3.8, 4) is 11.5 Å². The zero-order valence-electron chi connectivity index (χ0n) is 17.3. The van der Waals surface area contributed by atoms with E-state index in [0.717, 1.165) is 28.8 Å². The Labute approximate surface area is 179 Å². The number of methoxy groups -OCH3 is 2. The fourth-order valence-corrected chi connectivity index (χ4v) is 3.73. The quantitative estimate of drug-likeness (QED) is 0.664. The summed E-state index contributed by atoms with van der Waals surface area (Å²) in [5.41, 5.74) is 10.1. The van der Waals surface area contributed by atoms with Crippen molar-refractivity contribution in [2.24, 2.45) is 10.7 Å². The topological polar surface area (TPSA) is 77.1 Å². The summed E-state index contributed by atoms with van der Waals surface area (Å²) in [7, 11) is 3.06. The maximum Gasteiger partial charge on any atom is 0.324 e. The van der Waals surface area contributed by atoms with Crippen molar-refractivity contribution in [3.63, 3.8) is 0 Å². The molecule has 6 nitrogen and oxygen atoms in total. The molecule has 3 aromatic rings. The van der Waals surface area contributed by atoms with Crippen LogP contribution in [0.15, 0.2) is 65.7 Å². The summed E-state index contributed by atoms with van der Waals surface area (Å²) < 4.78 is 24.5. The van der Waals surface area contributed by atoms with Crippen molar-refractivity contribution in [3.05, 3.63) is 83.2 Å². The molecule has 158 valence electrons. The van der Waals surface area contributed by atoms with Gasteiger partial charge in [0.05, 0.1) is 31.3 Å². The minimum absolute atomic E-state index is 0.296. The van der Waals surface area contributed by atoms with Crippen LogP contribution in [0, 0.1) is 5.82 Å². The molecule has 4 rings (SSSR count). The predicted molar refractivity (Wildman–Crippen MR) is 118 cm³/mol. The number of ether oxygens (including phenoxy) is 2. The SMILES string of the molecule is COc1ccc(OC)c(N(C(N)=O)c2ccc(C3=NCCc4ccc(F)cc43)cc2)c1. The lowest BCUT2D eigenvalue weighted by Gasteiger charge is -2.24. The van der Waals surface area contributed by atoms with Crippen LogP contribution in [-0.2, 0) is 6.42 Å². The zero-order chi connectivity index (χ0) is 22.0. The van der Waals surface area contributed by atoms with Crippen LogP contribution in [0.1, 0.15) is 16.7 Å². The Morgan fingerprint density at radius 2 is 1.81 bits per heavy atom. The maximum atomic E-state index is 13.8. The van der Waals surface area contributed by atoms with E-state index in [1.165, 1.54) is 24.1 Å². The first-order chi connectivity index (χ1) is 15.0. The molecule has 0 aromatic heterocycles. The Kier molecular flexibility index (Phi) is 5.58. The number of urea groups is 1. The highest BCUT2D eigenvalue weighted by atomic mass is 19.1. The van der Waals surface area contributed by atoms with E-state index in [1.54, 1.807) is 43.5 Å². The molecule has 0 bridgehead atoms. The standard InChI is InChI=1S/C24H22FN3O3/c1-30-19-9-10-22(31-2)21(14-19)28(24(26)29)18-7-4-16(5-8-18)23-20-13-17(25)6-3-15(20)11-12-27-23/h3-10,13-14H,11-12H2,1-2H3,(H2,26,29). The van der Waals surface area contributed by atoms with E-state index in [1.807, 2.05) is 12.1 Å². The number of aliphatic imine (C=N–C) groups is 1. The van der Waals surface area contributed by atoms with Gasteiger partial charge in [0.2, 0.25) is 0 Å². The largest absolute Gasteiger partial charge is 0.497 e. The molecule has 1 heterocycles. The molecule has 2 amide bonds. The number of hydrogen-bond acceptors (Lipinski definition) is 4. The Bertz CT molecular complexity index is 1160. The second kappa shape index (κ2) is 8.47. The van der Waals surface area contributed by atoms with Crippen LogP contribution in [0.3, 0.4) is 0 Å². The lowest BCUT2D eigenvalue weighted by Crippen LogP contribution is -2.31. The number of nitrogens with zero attached hydrogens (tertiary/aromatic N) is 2. The number of carbonyl (C=O) groups excluding carboxylic acids is 1. The van der Waals surface area contributed by atoms with E-state index in [-0.39, 0.29) is 5.82 Å². The Balaban J connectivity index is 1.73. The first-order valence-electron chi connectivity index (χ1n) is 9.77. The first kappa shape index (κ1) is 20.4. The average molecular weight is 419 g/mol. The lowest BCUT2D eigenvalue weighted by molar-refractivity contribution is 0.256. The zero-order valence-corrected chi connectivity index (χ0v) is 17.3. The number of carbonyl (C=O) groups is 1. The predicted octanol–water partition coefficient (Wildman–Crippen LogP) is 4.45. The summed E-state index contributed by atoms with van der Waals surface area (Å²) in [6, 6.07) is 16.5. The molecule has 0 atom stereocenters. The highest BCUT2D eigenvalue weighted by Crippen LogP contribution is 2.37. The lowest BCUT2D eigenvalue weighted by atomic mass is 9.93. The van der Waals surface area contributed by atoms with Crippen molar-refractivity contribution in [2.45, 2.75) is 6.42 Å². The Hall–Kier alpha value is -3.87. The second-order valence-corrected chi connectivity index (χ2v) is 7.04. The highest BCUT2D eigenvalue weighted by Gasteiger charge is 2.22. The molecule has 2 N–H and O–H groups in total. The number of hydrogen-bond donors (Lipinski definition) is 1. The van der Waals surface area contributed by atoms with Crippen LogP contribution >= 0.6 is 0 Å². The van der Waals surface area contributed by atoms with E-state index in [4.69, 9.17) is 15.2 Å². The minimum Gasteiger partial charge on any atom is -0.497 e. The van der Waals surface area contributed by atoms with Gasteiger partial charge >= 0.3 is 6.03 Å². The molecule has 31 heavy (non-hydrogen) atoms. The molecule has 0 saturated carbocycles. The Morgan fingerprint density at radius 1 is 1.03 bits per heavy atom. The fraction of sp³-hybridized carbons (Fsp3) is 0.167. The number of nitrogens with two attached hydrogens (primary N) is 1. The third-order valence-corrected chi connectivity index (χ3v) is 5.22. The summed E-state index contributed by atoms with van der Waals surface area (Å²) in [5.74, 6) is 0.744. The van der Waals surface area contributed by atoms with E-state index >= 15 is 0 Å². The van der Waals surface area contributed by atoms with Crippen molar-refractivity contribution in [1.29, 1.82) is 0 Å². The van der Waals surface area contributed by atoms with Crippen LogP contribution in [0.25, 0.3) is 0 Å². The molecule has 0 radical (unpaired) electrons. The van der Waals surface area contributed by atoms with Gasteiger partial charge in [0.15, 0.2) is 0 Å². The van der Waals surface area contributed by atoms with Crippen LogP contribution in [0.2, 0.25) is 0 Å². The number of rotatable bonds is 5. The third-order valence-electron chi connectivity index (χ3n) is 5.22. The van der Waals surface area contributed by atoms with Crippen LogP contribution in [0.4, 0.5) is 20.6 Å². The van der Waals surface area contributed by atoms with Gasteiger partial charge in [-0.05, 0) is 48.4 Å². The van der Waals surface area contributed by atoms with Gasteiger partial charge in [0.25, 0.3) is 0 Å². The van der Waals surface area contributed by atoms with E-state index in [2.05, 4.69) is 4.99 Å². The van der Waals surface area contributed by atoms with Crippen LogP contribution in [-0.4, -0.2) is 32.5 Å². The molecule has 0 unspecified atom stereocenters. The van der Waals surface area contributed by atoms with E-state index in [0.29, 0.717) is 29.4 Å². The van der Waals surface area contributed by atoms with Gasteiger partial charge in [0, 0.05) is 23.7 Å². The normalized spacial score (nSPS) is 12.5. The van der Waals surface area contributed by atoms with Gasteiger partial charge in [-0.3, -0.25) is 9.89 Å². The average Bonchev–Trinajstić information content (AvgIpc) is 2.79. The first-order valence-corrected chi connectivity index (χ1v) is 9.77. The van der Waals surface area contributed by atoms with E-state index in [9.17, 15) is 9.18 Å². The Morgan fingerprint density at radius 3 is 2.48 bits per heavy atom. The van der Waals surface area contributed by atoms with E-state index < -0.39 is 6.03 Å². The highest BCUT2D eigenvalue weighted by molar-refractivity contribution is 6.14. The summed E-state index contributed by atoms with van der Waals surface area (Å²) in [5, 5.41) is 0. The summed E-state index contributed by atoms with van der Waals surface area (Å²) in [6.07, 6.45) is 0.780. The smallest absolute Gasteiger partial charge is 0.324 e. The molecular weight excluding hydrogens is 397 g/mol. The second-order valence-electron chi connectivity index (χ2n) is 7.04. The van der Waals surface area contributed by atoms with Crippen molar-refractivity contribution in [2.75, 3.05) is 25.7 Å². The van der Waals surface area contributed by atoms with Crippen LogP contribution < -0.4 is 20.1 Å². The monoisotopic (exact) mass is 419 g/mol. The number of primary amides is 1. The summed E-state index contributed by atoms with van der Waals surface area (Å²) in [4.78, 5) is 18.3. The molecule has 0 aliphatic carbocycles. The third kappa shape index (κ3) is 3.94. The fourth-order valence-electron chi connectivity index (χ4n) is 3.73. The van der Waals surface area contributed by atoms with Gasteiger partial charge in [0.1, 0.15) is 17.3 Å². The van der Waals surface area contributed by atoms with Gasteiger partial charge in [-0.2, -0.15) is 0 Å². The summed E-state index contributed by atoms with van der Waals surface area (Å²) >= 11 is 0. The number of halogens is 1. The van der Waals surface area contributed by atoms with Gasteiger partial charge in [-0.1, -0.05) is 18.2 Å². The molecular formula is C24H22FN3O3. The molecule has 0 spiro atoms. The minimum atomic E-state index is -0.665. The van der Waals surface area contributed by atoms with Gasteiger partial charge in [-0.15, -0.1) is 0 Å².